The van der Waals surface area contributed by atoms with Gasteiger partial charge in [-0.3, -0.25) is 9.59 Å². The third kappa shape index (κ3) is 3.70. The zero-order valence-corrected chi connectivity index (χ0v) is 15.5. The van der Waals surface area contributed by atoms with Gasteiger partial charge in [0.2, 0.25) is 5.91 Å². The quantitative estimate of drug-likeness (QED) is 0.787. The SMILES string of the molecule is O=C(CC1(CO)CC1)NC1CN(C(=O)c2cnn(-c3ccccc3Cl)c2)C1. The summed E-state index contributed by atoms with van der Waals surface area (Å²) in [4.78, 5) is 26.3. The fourth-order valence-electron chi connectivity index (χ4n) is 3.31. The summed E-state index contributed by atoms with van der Waals surface area (Å²) in [7, 11) is 0. The fraction of sp³-hybridized carbons (Fsp3) is 0.421. The molecule has 1 saturated heterocycles. The van der Waals surface area contributed by atoms with Crippen LogP contribution in [0.2, 0.25) is 5.02 Å². The zero-order valence-electron chi connectivity index (χ0n) is 14.8. The van der Waals surface area contributed by atoms with Gasteiger partial charge >= 0.3 is 0 Å². The number of hydrogen-bond donors (Lipinski definition) is 2. The minimum atomic E-state index is -0.198. The first-order valence-electron chi connectivity index (χ1n) is 8.99. The highest BCUT2D eigenvalue weighted by Gasteiger charge is 2.44. The number of nitrogens with one attached hydrogen (secondary N) is 1. The van der Waals surface area contributed by atoms with Crippen LogP contribution in [0.4, 0.5) is 0 Å². The van der Waals surface area contributed by atoms with Crippen LogP contribution >= 0.6 is 11.6 Å². The number of amides is 2. The van der Waals surface area contributed by atoms with Crippen LogP contribution in [0.3, 0.4) is 0 Å². The van der Waals surface area contributed by atoms with Crippen molar-refractivity contribution in [2.24, 2.45) is 5.41 Å². The summed E-state index contributed by atoms with van der Waals surface area (Å²) in [6, 6.07) is 7.26. The second-order valence-electron chi connectivity index (χ2n) is 7.43. The molecular weight excluding hydrogens is 368 g/mol. The lowest BCUT2D eigenvalue weighted by Crippen LogP contribution is -2.61. The van der Waals surface area contributed by atoms with Crippen molar-refractivity contribution in [3.8, 4) is 5.69 Å². The summed E-state index contributed by atoms with van der Waals surface area (Å²) >= 11 is 6.16. The molecule has 2 aromatic rings. The number of aliphatic hydroxyl groups is 1. The lowest BCUT2D eigenvalue weighted by atomic mass is 10.0. The molecule has 2 amide bonds. The van der Waals surface area contributed by atoms with Gasteiger partial charge in [0.15, 0.2) is 0 Å². The van der Waals surface area contributed by atoms with Gasteiger partial charge < -0.3 is 15.3 Å². The molecule has 2 N–H and O–H groups in total. The van der Waals surface area contributed by atoms with E-state index in [1.165, 1.54) is 6.20 Å². The van der Waals surface area contributed by atoms with Crippen molar-refractivity contribution < 1.29 is 14.7 Å². The summed E-state index contributed by atoms with van der Waals surface area (Å²) in [6.07, 6.45) is 5.35. The molecule has 1 aromatic heterocycles. The van der Waals surface area contributed by atoms with Crippen LogP contribution in [0.1, 0.15) is 29.6 Å². The van der Waals surface area contributed by atoms with Gasteiger partial charge in [0.1, 0.15) is 0 Å². The lowest BCUT2D eigenvalue weighted by molar-refractivity contribution is -0.124. The van der Waals surface area contributed by atoms with Crippen LogP contribution in [0.25, 0.3) is 5.69 Å². The molecule has 2 aliphatic rings. The highest BCUT2D eigenvalue weighted by Crippen LogP contribution is 2.48. The Labute approximate surface area is 161 Å². The smallest absolute Gasteiger partial charge is 0.257 e. The number of carbonyl (C=O) groups excluding carboxylic acids is 2. The van der Waals surface area contributed by atoms with E-state index in [9.17, 15) is 14.7 Å². The van der Waals surface area contributed by atoms with Gasteiger partial charge in [0, 0.05) is 37.7 Å². The monoisotopic (exact) mass is 388 g/mol. The van der Waals surface area contributed by atoms with Crippen LogP contribution in [0.15, 0.2) is 36.7 Å². The number of aromatic nitrogens is 2. The van der Waals surface area contributed by atoms with Crippen molar-refractivity contribution in [1.29, 1.82) is 0 Å². The molecule has 27 heavy (non-hydrogen) atoms. The minimum absolute atomic E-state index is 0.0328. The van der Waals surface area contributed by atoms with E-state index in [1.807, 2.05) is 18.2 Å². The third-order valence-corrected chi connectivity index (χ3v) is 5.61. The Hall–Kier alpha value is -2.38. The zero-order chi connectivity index (χ0) is 19.0. The summed E-state index contributed by atoms with van der Waals surface area (Å²) in [5.74, 6) is -0.169. The Balaban J connectivity index is 1.31. The van der Waals surface area contributed by atoms with E-state index in [2.05, 4.69) is 10.4 Å². The maximum absolute atomic E-state index is 12.6. The van der Waals surface area contributed by atoms with E-state index < -0.39 is 0 Å². The number of rotatable bonds is 6. The van der Waals surface area contributed by atoms with Crippen molar-refractivity contribution >= 4 is 23.4 Å². The predicted molar refractivity (Wildman–Crippen MR) is 99.8 cm³/mol. The largest absolute Gasteiger partial charge is 0.396 e. The third-order valence-electron chi connectivity index (χ3n) is 5.29. The average Bonchev–Trinajstić information content (AvgIpc) is 3.22. The first kappa shape index (κ1) is 18.0. The molecule has 8 heteroatoms. The molecule has 2 fully saturated rings. The van der Waals surface area contributed by atoms with Gasteiger partial charge in [-0.2, -0.15) is 5.10 Å². The van der Waals surface area contributed by atoms with Crippen LogP contribution in [-0.4, -0.2) is 57.3 Å². The Morgan fingerprint density at radius 3 is 2.70 bits per heavy atom. The lowest BCUT2D eigenvalue weighted by Gasteiger charge is -2.39. The Bertz CT molecular complexity index is 871. The maximum atomic E-state index is 12.6. The van der Waals surface area contributed by atoms with E-state index in [1.54, 1.807) is 21.8 Å². The molecule has 0 spiro atoms. The summed E-state index contributed by atoms with van der Waals surface area (Å²) in [5, 5.41) is 17.0. The van der Waals surface area contributed by atoms with Crippen LogP contribution in [-0.2, 0) is 4.79 Å². The Morgan fingerprint density at radius 2 is 2.04 bits per heavy atom. The number of hydrogen-bond acceptors (Lipinski definition) is 4. The van der Waals surface area contributed by atoms with Crippen molar-refractivity contribution in [2.75, 3.05) is 19.7 Å². The van der Waals surface area contributed by atoms with Crippen molar-refractivity contribution in [2.45, 2.75) is 25.3 Å². The van der Waals surface area contributed by atoms with E-state index in [0.29, 0.717) is 35.8 Å². The molecule has 1 aromatic carbocycles. The number of carbonyl (C=O) groups is 2. The van der Waals surface area contributed by atoms with E-state index in [4.69, 9.17) is 11.6 Å². The highest BCUT2D eigenvalue weighted by molar-refractivity contribution is 6.32. The van der Waals surface area contributed by atoms with Gasteiger partial charge in [0.25, 0.3) is 5.91 Å². The second-order valence-corrected chi connectivity index (χ2v) is 7.84. The molecule has 1 aliphatic heterocycles. The molecule has 0 radical (unpaired) electrons. The molecule has 1 aliphatic carbocycles. The van der Waals surface area contributed by atoms with E-state index in [0.717, 1.165) is 12.8 Å². The summed E-state index contributed by atoms with van der Waals surface area (Å²) in [5.41, 5.74) is 0.998. The number of benzene rings is 1. The highest BCUT2D eigenvalue weighted by atomic mass is 35.5. The number of halogens is 1. The molecule has 4 rings (SSSR count). The van der Waals surface area contributed by atoms with Crippen LogP contribution in [0.5, 0.6) is 0 Å². The summed E-state index contributed by atoms with van der Waals surface area (Å²) < 4.78 is 1.58. The molecule has 0 bridgehead atoms. The normalized spacial score (nSPS) is 18.1. The Kier molecular flexibility index (Phi) is 4.65. The number of aliphatic hydroxyl groups excluding tert-OH is 1. The molecule has 0 unspecified atom stereocenters. The van der Waals surface area contributed by atoms with Gasteiger partial charge in [-0.1, -0.05) is 23.7 Å². The van der Waals surface area contributed by atoms with Crippen LogP contribution in [0, 0.1) is 5.41 Å². The molecule has 2 heterocycles. The van der Waals surface area contributed by atoms with Crippen molar-refractivity contribution in [3.63, 3.8) is 0 Å². The topological polar surface area (TPSA) is 87.5 Å². The van der Waals surface area contributed by atoms with E-state index >= 15 is 0 Å². The first-order valence-corrected chi connectivity index (χ1v) is 9.37. The standard InChI is InChI=1S/C19H21ClN4O3/c20-15-3-1-2-4-16(15)24-9-13(8-21-24)18(27)23-10-14(11-23)22-17(26)7-19(12-25)5-6-19/h1-4,8-9,14,25H,5-7,10-12H2,(H,22,26). The summed E-state index contributed by atoms with van der Waals surface area (Å²) in [6.45, 7) is 1.02. The van der Waals surface area contributed by atoms with E-state index in [-0.39, 0.29) is 29.9 Å². The van der Waals surface area contributed by atoms with Crippen molar-refractivity contribution in [1.82, 2.24) is 20.0 Å². The molecule has 7 nitrogen and oxygen atoms in total. The number of para-hydroxylation sites is 1. The minimum Gasteiger partial charge on any atom is -0.396 e. The molecule has 1 saturated carbocycles. The molecule has 142 valence electrons. The predicted octanol–water partition coefficient (Wildman–Crippen LogP) is 1.63. The van der Waals surface area contributed by atoms with Gasteiger partial charge in [-0.25, -0.2) is 4.68 Å². The average molecular weight is 389 g/mol. The van der Waals surface area contributed by atoms with Gasteiger partial charge in [-0.05, 0) is 25.0 Å². The maximum Gasteiger partial charge on any atom is 0.257 e. The van der Waals surface area contributed by atoms with Crippen molar-refractivity contribution in [3.05, 3.63) is 47.2 Å². The number of nitrogens with zero attached hydrogens (tertiary/aromatic N) is 3. The molecule has 0 atom stereocenters. The number of likely N-dealkylation sites (tertiary alicyclic amines) is 1. The van der Waals surface area contributed by atoms with Gasteiger partial charge in [-0.15, -0.1) is 0 Å². The first-order chi connectivity index (χ1) is 13.0. The second kappa shape index (κ2) is 6.98. The Morgan fingerprint density at radius 1 is 1.30 bits per heavy atom. The fourth-order valence-corrected chi connectivity index (χ4v) is 3.53. The van der Waals surface area contributed by atoms with Crippen LogP contribution < -0.4 is 5.32 Å². The van der Waals surface area contributed by atoms with Gasteiger partial charge in [0.05, 0.1) is 28.5 Å². The molecular formula is C19H21ClN4O3.